The van der Waals surface area contributed by atoms with E-state index >= 15 is 0 Å². The Kier molecular flexibility index (Phi) is 4.66. The van der Waals surface area contributed by atoms with Crippen LogP contribution in [0.1, 0.15) is 32.3 Å². The predicted molar refractivity (Wildman–Crippen MR) is 78.5 cm³/mol. The van der Waals surface area contributed by atoms with Crippen LogP contribution in [0, 0.1) is 5.82 Å². The minimum Gasteiger partial charge on any atom is -0.354 e. The van der Waals surface area contributed by atoms with Crippen molar-refractivity contribution in [2.45, 2.75) is 38.1 Å². The number of halogens is 2. The lowest BCUT2D eigenvalue weighted by molar-refractivity contribution is -0.123. The summed E-state index contributed by atoms with van der Waals surface area (Å²) in [5.41, 5.74) is -0.113. The molecular formula is C15H20ClFN2O. The van der Waals surface area contributed by atoms with Gasteiger partial charge in [0.2, 0.25) is 5.91 Å². The number of carbonyl (C=O) groups is 1. The van der Waals surface area contributed by atoms with Gasteiger partial charge in [-0.15, -0.1) is 0 Å². The lowest BCUT2D eigenvalue weighted by atomic mass is 9.84. The molecule has 110 valence electrons. The van der Waals surface area contributed by atoms with E-state index in [2.05, 4.69) is 10.6 Å². The zero-order valence-electron chi connectivity index (χ0n) is 11.8. The third-order valence-corrected chi connectivity index (χ3v) is 4.04. The molecule has 1 amide bonds. The van der Waals surface area contributed by atoms with Gasteiger partial charge in [0.15, 0.2) is 0 Å². The lowest BCUT2D eigenvalue weighted by Gasteiger charge is -2.27. The highest BCUT2D eigenvalue weighted by Crippen LogP contribution is 2.31. The first-order chi connectivity index (χ1) is 9.42. The van der Waals surface area contributed by atoms with Crippen molar-refractivity contribution in [1.29, 1.82) is 0 Å². The monoisotopic (exact) mass is 298 g/mol. The van der Waals surface area contributed by atoms with Crippen molar-refractivity contribution in [2.75, 3.05) is 13.1 Å². The molecule has 1 aromatic carbocycles. The van der Waals surface area contributed by atoms with Crippen molar-refractivity contribution in [2.24, 2.45) is 0 Å². The lowest BCUT2D eigenvalue weighted by Crippen LogP contribution is -2.45. The summed E-state index contributed by atoms with van der Waals surface area (Å²) in [6.45, 7) is 4.98. The highest BCUT2D eigenvalue weighted by molar-refractivity contribution is 6.31. The Morgan fingerprint density at radius 2 is 2.30 bits per heavy atom. The number of carbonyl (C=O) groups excluding carboxylic acids is 1. The zero-order valence-corrected chi connectivity index (χ0v) is 12.6. The van der Waals surface area contributed by atoms with Crippen LogP contribution in [0.15, 0.2) is 18.2 Å². The van der Waals surface area contributed by atoms with Gasteiger partial charge >= 0.3 is 0 Å². The fraction of sp³-hybridized carbons (Fsp3) is 0.533. The van der Waals surface area contributed by atoms with Gasteiger partial charge in [0, 0.05) is 22.5 Å². The largest absolute Gasteiger partial charge is 0.354 e. The number of hydrogen-bond acceptors (Lipinski definition) is 2. The quantitative estimate of drug-likeness (QED) is 0.897. The second-order valence-corrected chi connectivity index (χ2v) is 6.25. The highest BCUT2D eigenvalue weighted by atomic mass is 35.5. The third-order valence-electron chi connectivity index (χ3n) is 3.72. The maximum atomic E-state index is 14.0. The normalized spacial score (nSPS) is 19.1. The van der Waals surface area contributed by atoms with Gasteiger partial charge in [-0.05, 0) is 31.5 Å². The Labute approximate surface area is 123 Å². The van der Waals surface area contributed by atoms with E-state index in [1.165, 1.54) is 6.07 Å². The number of hydrogen-bond donors (Lipinski definition) is 2. The van der Waals surface area contributed by atoms with Crippen molar-refractivity contribution in [3.05, 3.63) is 34.6 Å². The van der Waals surface area contributed by atoms with Crippen LogP contribution in [0.3, 0.4) is 0 Å². The summed E-state index contributed by atoms with van der Waals surface area (Å²) in [7, 11) is 0. The van der Waals surface area contributed by atoms with E-state index in [1.54, 1.807) is 12.1 Å². The predicted octanol–water partition coefficient (Wildman–Crippen LogP) is 2.62. The first-order valence-corrected chi connectivity index (χ1v) is 7.25. The van der Waals surface area contributed by atoms with Crippen LogP contribution in [-0.2, 0) is 10.2 Å². The maximum Gasteiger partial charge on any atom is 0.237 e. The Hall–Kier alpha value is -1.13. The van der Waals surface area contributed by atoms with E-state index in [0.717, 1.165) is 19.4 Å². The van der Waals surface area contributed by atoms with Crippen LogP contribution >= 0.6 is 11.6 Å². The van der Waals surface area contributed by atoms with Gasteiger partial charge in [-0.25, -0.2) is 4.39 Å². The summed E-state index contributed by atoms with van der Waals surface area (Å²) in [5, 5.41) is 6.43. The maximum absolute atomic E-state index is 14.0. The van der Waals surface area contributed by atoms with Crippen molar-refractivity contribution in [3.8, 4) is 0 Å². The van der Waals surface area contributed by atoms with Crippen LogP contribution in [0.25, 0.3) is 0 Å². The topological polar surface area (TPSA) is 41.1 Å². The molecule has 0 saturated carbocycles. The molecule has 5 heteroatoms. The second-order valence-electron chi connectivity index (χ2n) is 5.85. The van der Waals surface area contributed by atoms with Gasteiger partial charge in [0.05, 0.1) is 6.04 Å². The number of benzene rings is 1. The van der Waals surface area contributed by atoms with Crippen LogP contribution in [0.2, 0.25) is 5.02 Å². The molecule has 1 saturated heterocycles. The minimum atomic E-state index is -0.559. The molecule has 1 aromatic rings. The number of rotatable bonds is 4. The average molecular weight is 299 g/mol. The molecule has 1 aliphatic rings. The molecule has 20 heavy (non-hydrogen) atoms. The molecule has 1 aliphatic heterocycles. The van der Waals surface area contributed by atoms with Gasteiger partial charge in [-0.1, -0.05) is 31.5 Å². The zero-order chi connectivity index (χ0) is 14.8. The van der Waals surface area contributed by atoms with E-state index < -0.39 is 5.41 Å². The van der Waals surface area contributed by atoms with Crippen molar-refractivity contribution in [1.82, 2.24) is 10.6 Å². The second kappa shape index (κ2) is 6.10. The molecular weight excluding hydrogens is 279 g/mol. The van der Waals surface area contributed by atoms with Gasteiger partial charge in [0.1, 0.15) is 5.82 Å². The van der Waals surface area contributed by atoms with Crippen LogP contribution in [0.4, 0.5) is 4.39 Å². The Bertz CT molecular complexity index is 478. The molecule has 3 nitrogen and oxygen atoms in total. The van der Waals surface area contributed by atoms with Gasteiger partial charge in [-0.3, -0.25) is 4.79 Å². The SMILES string of the molecule is CC(C)(CNC(=O)C1CCCN1)c1c(F)cccc1Cl. The first-order valence-electron chi connectivity index (χ1n) is 6.87. The fourth-order valence-electron chi connectivity index (χ4n) is 2.57. The molecule has 0 radical (unpaired) electrons. The third kappa shape index (κ3) is 3.30. The summed E-state index contributed by atoms with van der Waals surface area (Å²) in [5.74, 6) is -0.362. The first kappa shape index (κ1) is 15.3. The smallest absolute Gasteiger partial charge is 0.237 e. The van der Waals surface area contributed by atoms with Crippen LogP contribution in [-0.4, -0.2) is 25.0 Å². The molecule has 2 N–H and O–H groups in total. The van der Waals surface area contributed by atoms with Gasteiger partial charge in [0.25, 0.3) is 0 Å². The van der Waals surface area contributed by atoms with E-state index in [-0.39, 0.29) is 17.8 Å². The Morgan fingerprint density at radius 3 is 2.90 bits per heavy atom. The molecule has 1 unspecified atom stereocenters. The summed E-state index contributed by atoms with van der Waals surface area (Å²) in [6, 6.07) is 4.52. The van der Waals surface area contributed by atoms with E-state index in [0.29, 0.717) is 17.1 Å². The summed E-state index contributed by atoms with van der Waals surface area (Å²) >= 11 is 6.09. The molecule has 0 aliphatic carbocycles. The van der Waals surface area contributed by atoms with Crippen molar-refractivity contribution < 1.29 is 9.18 Å². The molecule has 1 fully saturated rings. The highest BCUT2D eigenvalue weighted by Gasteiger charge is 2.29. The average Bonchev–Trinajstić information content (AvgIpc) is 2.89. The van der Waals surface area contributed by atoms with Crippen LogP contribution in [0.5, 0.6) is 0 Å². The molecule has 1 heterocycles. The van der Waals surface area contributed by atoms with E-state index in [9.17, 15) is 9.18 Å². The standard InChI is InChI=1S/C15H20ClFN2O/c1-15(2,13-10(16)5-3-6-11(13)17)9-19-14(20)12-7-4-8-18-12/h3,5-6,12,18H,4,7-9H2,1-2H3,(H,19,20). The van der Waals surface area contributed by atoms with Crippen LogP contribution < -0.4 is 10.6 Å². The summed E-state index contributed by atoms with van der Waals surface area (Å²) in [4.78, 5) is 12.0. The summed E-state index contributed by atoms with van der Waals surface area (Å²) in [6.07, 6.45) is 1.87. The molecule has 0 spiro atoms. The van der Waals surface area contributed by atoms with E-state index in [1.807, 2.05) is 13.8 Å². The number of amides is 1. The molecule has 2 rings (SSSR count). The van der Waals surface area contributed by atoms with E-state index in [4.69, 9.17) is 11.6 Å². The molecule has 0 aromatic heterocycles. The van der Waals surface area contributed by atoms with Crippen molar-refractivity contribution in [3.63, 3.8) is 0 Å². The summed E-state index contributed by atoms with van der Waals surface area (Å²) < 4.78 is 14.0. The Morgan fingerprint density at radius 1 is 1.55 bits per heavy atom. The fourth-order valence-corrected chi connectivity index (χ4v) is 2.99. The van der Waals surface area contributed by atoms with Gasteiger partial charge < -0.3 is 10.6 Å². The number of nitrogens with one attached hydrogen (secondary N) is 2. The molecule has 0 bridgehead atoms. The Balaban J connectivity index is 2.05. The van der Waals surface area contributed by atoms with Crippen molar-refractivity contribution >= 4 is 17.5 Å². The van der Waals surface area contributed by atoms with Gasteiger partial charge in [-0.2, -0.15) is 0 Å². The minimum absolute atomic E-state index is 0.0250. The molecule has 1 atom stereocenters.